The lowest BCUT2D eigenvalue weighted by Gasteiger charge is -2.20. The summed E-state index contributed by atoms with van der Waals surface area (Å²) in [7, 11) is 3.31. The molecule has 33 heavy (non-hydrogen) atoms. The van der Waals surface area contributed by atoms with Crippen molar-refractivity contribution in [1.82, 2.24) is 25.8 Å². The summed E-state index contributed by atoms with van der Waals surface area (Å²) in [5.74, 6) is 1.52. The maximum Gasteiger partial charge on any atom is 0.191 e. The number of methoxy groups -OCH3 is 1. The molecule has 1 unspecified atom stereocenters. The first kappa shape index (κ1) is 24.7. The summed E-state index contributed by atoms with van der Waals surface area (Å²) in [4.78, 5) is 10.7. The minimum Gasteiger partial charge on any atom is -0.497 e. The highest BCUT2D eigenvalue weighted by atomic mass is 127. The summed E-state index contributed by atoms with van der Waals surface area (Å²) < 4.78 is 32.4. The maximum absolute atomic E-state index is 14.1. The molecule has 0 amide bonds. The lowest BCUT2D eigenvalue weighted by atomic mass is 10.2. The smallest absolute Gasteiger partial charge is 0.191 e. The minimum absolute atomic E-state index is 0. The maximum atomic E-state index is 14.1. The van der Waals surface area contributed by atoms with Crippen LogP contribution in [-0.2, 0) is 6.54 Å². The number of halogens is 3. The van der Waals surface area contributed by atoms with Gasteiger partial charge in [-0.05, 0) is 42.8 Å². The van der Waals surface area contributed by atoms with Crippen molar-refractivity contribution in [2.45, 2.75) is 19.0 Å². The molecule has 0 spiro atoms. The Kier molecular flexibility index (Phi) is 8.42. The summed E-state index contributed by atoms with van der Waals surface area (Å²) in [5.41, 5.74) is 1.29. The number of hydrogen-bond acceptors (Lipinski definition) is 5. The Balaban J connectivity index is 0.00000306. The molecule has 0 aliphatic carbocycles. The molecule has 1 atom stereocenters. The van der Waals surface area contributed by atoms with Crippen molar-refractivity contribution in [3.05, 3.63) is 59.9 Å². The Hall–Kier alpha value is -2.96. The Labute approximate surface area is 207 Å². The summed E-state index contributed by atoms with van der Waals surface area (Å²) in [5, 5.41) is 13.7. The lowest BCUT2D eigenvalue weighted by Crippen LogP contribution is -2.44. The van der Waals surface area contributed by atoms with Crippen LogP contribution in [-0.4, -0.2) is 54.4 Å². The van der Waals surface area contributed by atoms with Gasteiger partial charge in [0.2, 0.25) is 0 Å². The average Bonchev–Trinajstić information content (AvgIpc) is 3.46. The summed E-state index contributed by atoms with van der Waals surface area (Å²) in [6.07, 6.45) is 0.807. The molecule has 176 valence electrons. The molecule has 0 bridgehead atoms. The van der Waals surface area contributed by atoms with E-state index < -0.39 is 11.6 Å². The molecule has 11 heteroatoms. The van der Waals surface area contributed by atoms with E-state index in [1.54, 1.807) is 14.2 Å². The largest absolute Gasteiger partial charge is 0.497 e. The van der Waals surface area contributed by atoms with Gasteiger partial charge in [-0.2, -0.15) is 5.10 Å². The first-order valence-corrected chi connectivity index (χ1v) is 10.3. The number of anilines is 1. The quantitative estimate of drug-likeness (QED) is 0.240. The van der Waals surface area contributed by atoms with Crippen molar-refractivity contribution in [3.8, 4) is 17.1 Å². The monoisotopic (exact) mass is 569 g/mol. The van der Waals surface area contributed by atoms with Crippen molar-refractivity contribution in [3.63, 3.8) is 0 Å². The topological polar surface area (TPSA) is 90.5 Å². The second kappa shape index (κ2) is 11.3. The molecule has 1 saturated heterocycles. The van der Waals surface area contributed by atoms with E-state index in [1.807, 2.05) is 29.2 Å². The standard InChI is InChI=1S/C22H25F2N7O.HI/c1-25-22(27-16-9-10-31(13-16)19-8-5-15(23)11-18(19)24)26-12-20-28-21(30-29-20)14-3-6-17(32-2)7-4-14;/h3-8,11,16H,9-10,12-13H2,1-2H3,(H2,25,26,27)(H,28,29,30);1H. The van der Waals surface area contributed by atoms with Gasteiger partial charge >= 0.3 is 0 Å². The van der Waals surface area contributed by atoms with Crippen LogP contribution >= 0.6 is 24.0 Å². The van der Waals surface area contributed by atoms with Gasteiger partial charge in [0.05, 0.1) is 19.3 Å². The third-order valence-electron chi connectivity index (χ3n) is 5.31. The van der Waals surface area contributed by atoms with Crippen LogP contribution in [0.2, 0.25) is 0 Å². The second-order valence-electron chi connectivity index (χ2n) is 7.43. The number of aliphatic imine (C=N–C) groups is 1. The van der Waals surface area contributed by atoms with Gasteiger partial charge in [-0.1, -0.05) is 0 Å². The molecule has 4 rings (SSSR count). The second-order valence-corrected chi connectivity index (χ2v) is 7.43. The van der Waals surface area contributed by atoms with E-state index in [4.69, 9.17) is 4.74 Å². The summed E-state index contributed by atoms with van der Waals surface area (Å²) in [6, 6.07) is 11.3. The number of ether oxygens (including phenoxy) is 1. The molecule has 1 aliphatic heterocycles. The molecular weight excluding hydrogens is 543 g/mol. The van der Waals surface area contributed by atoms with Crippen LogP contribution in [0.5, 0.6) is 5.75 Å². The van der Waals surface area contributed by atoms with E-state index in [0.29, 0.717) is 42.9 Å². The van der Waals surface area contributed by atoms with E-state index in [1.165, 1.54) is 12.1 Å². The first-order valence-electron chi connectivity index (χ1n) is 10.3. The van der Waals surface area contributed by atoms with Crippen molar-refractivity contribution >= 4 is 35.6 Å². The van der Waals surface area contributed by atoms with Crippen LogP contribution in [0.1, 0.15) is 12.2 Å². The molecule has 1 aliphatic rings. The van der Waals surface area contributed by atoms with Crippen molar-refractivity contribution in [2.24, 2.45) is 4.99 Å². The molecule has 0 radical (unpaired) electrons. The van der Waals surface area contributed by atoms with Crippen molar-refractivity contribution in [1.29, 1.82) is 0 Å². The molecule has 3 aromatic rings. The number of benzene rings is 2. The molecule has 1 aromatic heterocycles. The normalized spacial score (nSPS) is 15.8. The van der Waals surface area contributed by atoms with E-state index in [2.05, 4.69) is 30.8 Å². The number of H-pyrrole nitrogens is 1. The van der Waals surface area contributed by atoms with Gasteiger partial charge in [0.1, 0.15) is 23.2 Å². The number of aromatic amines is 1. The van der Waals surface area contributed by atoms with E-state index in [-0.39, 0.29) is 30.0 Å². The number of rotatable bonds is 6. The number of nitrogens with one attached hydrogen (secondary N) is 3. The predicted octanol–water partition coefficient (Wildman–Crippen LogP) is 3.32. The Morgan fingerprint density at radius 1 is 1.24 bits per heavy atom. The number of aromatic nitrogens is 3. The zero-order chi connectivity index (χ0) is 22.5. The Bertz CT molecular complexity index is 1090. The van der Waals surface area contributed by atoms with Gasteiger partial charge in [0.25, 0.3) is 0 Å². The van der Waals surface area contributed by atoms with Gasteiger partial charge in [-0.15, -0.1) is 24.0 Å². The fourth-order valence-corrected chi connectivity index (χ4v) is 3.63. The van der Waals surface area contributed by atoms with E-state index in [0.717, 1.165) is 23.8 Å². The molecule has 2 aromatic carbocycles. The Morgan fingerprint density at radius 3 is 2.73 bits per heavy atom. The molecule has 2 heterocycles. The number of hydrogen-bond donors (Lipinski definition) is 3. The molecule has 3 N–H and O–H groups in total. The van der Waals surface area contributed by atoms with Crippen LogP contribution in [0, 0.1) is 11.6 Å². The molecule has 1 fully saturated rings. The molecule has 0 saturated carbocycles. The SMILES string of the molecule is CN=C(NCc1nc(-c2ccc(OC)cc2)n[nH]1)NC1CCN(c2ccc(F)cc2F)C1.I. The molecular formula is C22H26F2IN7O. The lowest BCUT2D eigenvalue weighted by molar-refractivity contribution is 0.415. The summed E-state index contributed by atoms with van der Waals surface area (Å²) >= 11 is 0. The van der Waals surface area contributed by atoms with E-state index >= 15 is 0 Å². The first-order chi connectivity index (χ1) is 15.6. The van der Waals surface area contributed by atoms with Gasteiger partial charge in [-0.25, -0.2) is 13.8 Å². The third kappa shape index (κ3) is 6.09. The van der Waals surface area contributed by atoms with Crippen molar-refractivity contribution < 1.29 is 13.5 Å². The fraction of sp³-hybridized carbons (Fsp3) is 0.318. The van der Waals surface area contributed by atoms with Crippen LogP contribution in [0.3, 0.4) is 0 Å². The summed E-state index contributed by atoms with van der Waals surface area (Å²) in [6.45, 7) is 1.67. The van der Waals surface area contributed by atoms with E-state index in [9.17, 15) is 8.78 Å². The van der Waals surface area contributed by atoms with Crippen LogP contribution in [0.4, 0.5) is 14.5 Å². The zero-order valence-electron chi connectivity index (χ0n) is 18.3. The van der Waals surface area contributed by atoms with Crippen LogP contribution < -0.4 is 20.3 Å². The fourth-order valence-electron chi connectivity index (χ4n) is 3.63. The molecule has 8 nitrogen and oxygen atoms in total. The average molecular weight is 569 g/mol. The number of nitrogens with zero attached hydrogens (tertiary/aromatic N) is 4. The predicted molar refractivity (Wildman–Crippen MR) is 134 cm³/mol. The minimum atomic E-state index is -0.577. The van der Waals surface area contributed by atoms with Crippen molar-refractivity contribution in [2.75, 3.05) is 32.1 Å². The number of guanidine groups is 1. The van der Waals surface area contributed by atoms with Crippen LogP contribution in [0.25, 0.3) is 11.4 Å². The highest BCUT2D eigenvalue weighted by Gasteiger charge is 2.25. The van der Waals surface area contributed by atoms with Gasteiger partial charge in [-0.3, -0.25) is 10.1 Å². The highest BCUT2D eigenvalue weighted by Crippen LogP contribution is 2.24. The van der Waals surface area contributed by atoms with Gasteiger partial charge in [0, 0.05) is 37.8 Å². The highest BCUT2D eigenvalue weighted by molar-refractivity contribution is 14.0. The Morgan fingerprint density at radius 2 is 2.03 bits per heavy atom. The van der Waals surface area contributed by atoms with Gasteiger partial charge < -0.3 is 20.3 Å². The van der Waals surface area contributed by atoms with Crippen LogP contribution in [0.15, 0.2) is 47.5 Å². The third-order valence-corrected chi connectivity index (χ3v) is 5.31. The zero-order valence-corrected chi connectivity index (χ0v) is 20.6. The van der Waals surface area contributed by atoms with Gasteiger partial charge in [0.15, 0.2) is 11.8 Å².